The average Bonchev–Trinajstić information content (AvgIpc) is 2.81. The molecular weight excluding hydrogens is 316 g/mol. The molecule has 0 saturated carbocycles. The molecular formula is C17H17ClN2OS. The van der Waals surface area contributed by atoms with Crippen molar-refractivity contribution in [2.75, 3.05) is 18.8 Å². The smallest absolute Gasteiger partial charge is 0.272 e. The number of carbonyl (C=O) groups excluding carboxylic acids is 1. The number of thioether (sulfide) groups is 1. The molecule has 1 amide bonds. The largest absolute Gasteiger partial charge is 0.336 e. The summed E-state index contributed by atoms with van der Waals surface area (Å²) >= 11 is 8.17. The summed E-state index contributed by atoms with van der Waals surface area (Å²) in [5, 5.41) is 1.15. The molecule has 5 heteroatoms. The lowest BCUT2D eigenvalue weighted by atomic mass is 10.1. The van der Waals surface area contributed by atoms with Crippen molar-refractivity contribution in [2.24, 2.45) is 0 Å². The van der Waals surface area contributed by atoms with Gasteiger partial charge in [0.1, 0.15) is 5.69 Å². The monoisotopic (exact) mass is 332 g/mol. The standard InChI is InChI=1S/C17H17ClN2OS/c18-14-6-2-1-5-13(14)16-8-10-20(11-12-22-16)17(21)15-7-3-4-9-19-15/h1-7,9,16H,8,10-12H2/t16-/m1/s1. The predicted octanol–water partition coefficient (Wildman–Crippen LogP) is 4.06. The number of rotatable bonds is 2. The van der Waals surface area contributed by atoms with Crippen LogP contribution in [0.1, 0.15) is 27.7 Å². The van der Waals surface area contributed by atoms with E-state index in [9.17, 15) is 4.79 Å². The Morgan fingerprint density at radius 3 is 2.77 bits per heavy atom. The van der Waals surface area contributed by atoms with E-state index in [2.05, 4.69) is 11.1 Å². The Morgan fingerprint density at radius 1 is 1.18 bits per heavy atom. The molecule has 3 nitrogen and oxygen atoms in total. The summed E-state index contributed by atoms with van der Waals surface area (Å²) < 4.78 is 0. The van der Waals surface area contributed by atoms with E-state index < -0.39 is 0 Å². The van der Waals surface area contributed by atoms with Crippen LogP contribution in [-0.4, -0.2) is 34.6 Å². The molecule has 0 spiro atoms. The zero-order valence-electron chi connectivity index (χ0n) is 12.1. The van der Waals surface area contributed by atoms with E-state index in [0.29, 0.717) is 10.9 Å². The zero-order valence-corrected chi connectivity index (χ0v) is 13.7. The van der Waals surface area contributed by atoms with Crippen molar-refractivity contribution in [1.82, 2.24) is 9.88 Å². The second-order valence-electron chi connectivity index (χ2n) is 5.18. The molecule has 0 aliphatic carbocycles. The number of carbonyl (C=O) groups is 1. The van der Waals surface area contributed by atoms with Gasteiger partial charge in [0.15, 0.2) is 0 Å². The normalized spacial score (nSPS) is 18.8. The maximum Gasteiger partial charge on any atom is 0.272 e. The molecule has 3 rings (SSSR count). The Kier molecular flexibility index (Phi) is 5.01. The summed E-state index contributed by atoms with van der Waals surface area (Å²) in [7, 11) is 0. The lowest BCUT2D eigenvalue weighted by Crippen LogP contribution is -2.33. The molecule has 1 saturated heterocycles. The minimum absolute atomic E-state index is 0.0148. The maximum absolute atomic E-state index is 12.5. The average molecular weight is 333 g/mol. The quantitative estimate of drug-likeness (QED) is 0.831. The van der Waals surface area contributed by atoms with Crippen LogP contribution in [-0.2, 0) is 0 Å². The topological polar surface area (TPSA) is 33.2 Å². The molecule has 1 aromatic heterocycles. The highest BCUT2D eigenvalue weighted by Crippen LogP contribution is 2.37. The third kappa shape index (κ3) is 3.45. The Morgan fingerprint density at radius 2 is 2.00 bits per heavy atom. The third-order valence-corrected chi connectivity index (χ3v) is 5.42. The fourth-order valence-electron chi connectivity index (χ4n) is 2.61. The van der Waals surface area contributed by atoms with Gasteiger partial charge in [-0.1, -0.05) is 35.9 Å². The molecule has 0 unspecified atom stereocenters. The van der Waals surface area contributed by atoms with Crippen LogP contribution in [0, 0.1) is 0 Å². The van der Waals surface area contributed by atoms with Crippen LogP contribution >= 0.6 is 23.4 Å². The van der Waals surface area contributed by atoms with Gasteiger partial charge in [-0.2, -0.15) is 11.8 Å². The summed E-state index contributed by atoms with van der Waals surface area (Å²) in [6.45, 7) is 1.49. The van der Waals surface area contributed by atoms with Crippen molar-refractivity contribution in [3.8, 4) is 0 Å². The van der Waals surface area contributed by atoms with E-state index in [1.807, 2.05) is 47.0 Å². The van der Waals surface area contributed by atoms with Crippen LogP contribution in [0.5, 0.6) is 0 Å². The first-order chi connectivity index (χ1) is 10.8. The fraction of sp³-hybridized carbons (Fsp3) is 0.294. The number of pyridine rings is 1. The molecule has 1 aliphatic rings. The van der Waals surface area contributed by atoms with E-state index in [-0.39, 0.29) is 5.91 Å². The molecule has 0 N–H and O–H groups in total. The van der Waals surface area contributed by atoms with Crippen molar-refractivity contribution in [2.45, 2.75) is 11.7 Å². The first-order valence-corrected chi connectivity index (χ1v) is 8.75. The second kappa shape index (κ2) is 7.16. The Balaban J connectivity index is 1.70. The predicted molar refractivity (Wildman–Crippen MR) is 91.4 cm³/mol. The molecule has 2 aromatic rings. The second-order valence-corrected chi connectivity index (χ2v) is 6.89. The van der Waals surface area contributed by atoms with Crippen molar-refractivity contribution in [3.05, 3.63) is 64.9 Å². The summed E-state index contributed by atoms with van der Waals surface area (Å²) in [4.78, 5) is 18.5. The van der Waals surface area contributed by atoms with Crippen molar-refractivity contribution in [3.63, 3.8) is 0 Å². The lowest BCUT2D eigenvalue weighted by molar-refractivity contribution is 0.0760. The Labute approximate surface area is 139 Å². The molecule has 0 radical (unpaired) electrons. The number of nitrogens with zero attached hydrogens (tertiary/aromatic N) is 2. The highest BCUT2D eigenvalue weighted by Gasteiger charge is 2.24. The van der Waals surface area contributed by atoms with Crippen molar-refractivity contribution >= 4 is 29.3 Å². The highest BCUT2D eigenvalue weighted by molar-refractivity contribution is 7.99. The summed E-state index contributed by atoms with van der Waals surface area (Å²) in [6, 6.07) is 13.4. The molecule has 114 valence electrons. The zero-order chi connectivity index (χ0) is 15.4. The van der Waals surface area contributed by atoms with Crippen LogP contribution in [0.15, 0.2) is 48.7 Å². The molecule has 1 aliphatic heterocycles. The van der Waals surface area contributed by atoms with Crippen LogP contribution in [0.25, 0.3) is 0 Å². The van der Waals surface area contributed by atoms with Gasteiger partial charge in [0.25, 0.3) is 5.91 Å². The molecule has 22 heavy (non-hydrogen) atoms. The summed E-state index contributed by atoms with van der Waals surface area (Å²) in [5.41, 5.74) is 1.69. The number of aromatic nitrogens is 1. The Bertz CT molecular complexity index is 650. The van der Waals surface area contributed by atoms with Gasteiger partial charge in [-0.25, -0.2) is 0 Å². The minimum atomic E-state index is 0.0148. The van der Waals surface area contributed by atoms with E-state index in [0.717, 1.165) is 30.3 Å². The van der Waals surface area contributed by atoms with Crippen molar-refractivity contribution in [1.29, 1.82) is 0 Å². The highest BCUT2D eigenvalue weighted by atomic mass is 35.5. The molecule has 1 fully saturated rings. The van der Waals surface area contributed by atoms with Crippen molar-refractivity contribution < 1.29 is 4.79 Å². The number of amides is 1. The maximum atomic E-state index is 12.5. The van der Waals surface area contributed by atoms with Gasteiger partial charge < -0.3 is 4.90 Å². The van der Waals surface area contributed by atoms with Crippen LogP contribution < -0.4 is 0 Å². The SMILES string of the molecule is O=C(c1ccccn1)N1CCS[C@@H](c2ccccc2Cl)CC1. The Hall–Kier alpha value is -1.52. The third-order valence-electron chi connectivity index (χ3n) is 3.76. The van der Waals surface area contributed by atoms with Crippen LogP contribution in [0.2, 0.25) is 5.02 Å². The number of halogens is 1. The van der Waals surface area contributed by atoms with Gasteiger partial charge in [0.2, 0.25) is 0 Å². The van der Waals surface area contributed by atoms with Crippen LogP contribution in [0.4, 0.5) is 0 Å². The van der Waals surface area contributed by atoms with E-state index in [1.54, 1.807) is 12.3 Å². The van der Waals surface area contributed by atoms with E-state index in [1.165, 1.54) is 5.56 Å². The van der Waals surface area contributed by atoms with Gasteiger partial charge in [0.05, 0.1) is 0 Å². The van der Waals surface area contributed by atoms with E-state index >= 15 is 0 Å². The van der Waals surface area contributed by atoms with Gasteiger partial charge in [0, 0.05) is 35.3 Å². The molecule has 1 atom stereocenters. The van der Waals surface area contributed by atoms with Gasteiger partial charge in [-0.15, -0.1) is 0 Å². The van der Waals surface area contributed by atoms with Gasteiger partial charge in [-0.05, 0) is 30.2 Å². The fourth-order valence-corrected chi connectivity index (χ4v) is 4.21. The summed E-state index contributed by atoms with van der Waals surface area (Å²) in [6.07, 6.45) is 2.57. The summed E-state index contributed by atoms with van der Waals surface area (Å²) in [5.74, 6) is 0.926. The molecule has 1 aromatic carbocycles. The minimum Gasteiger partial charge on any atom is -0.336 e. The number of benzene rings is 1. The van der Waals surface area contributed by atoms with Gasteiger partial charge in [-0.3, -0.25) is 9.78 Å². The van der Waals surface area contributed by atoms with Crippen LogP contribution in [0.3, 0.4) is 0 Å². The first-order valence-electron chi connectivity index (χ1n) is 7.32. The molecule has 0 bridgehead atoms. The van der Waals surface area contributed by atoms with E-state index in [4.69, 9.17) is 11.6 Å². The molecule has 2 heterocycles. The number of hydrogen-bond donors (Lipinski definition) is 0. The lowest BCUT2D eigenvalue weighted by Gasteiger charge is -2.20. The number of hydrogen-bond acceptors (Lipinski definition) is 3. The first kappa shape index (κ1) is 15.4. The van der Waals surface area contributed by atoms with Gasteiger partial charge >= 0.3 is 0 Å².